The van der Waals surface area contributed by atoms with E-state index < -0.39 is 0 Å². The van der Waals surface area contributed by atoms with Gasteiger partial charge in [0.15, 0.2) is 11.5 Å². The molecule has 2 aliphatic heterocycles. The fraction of sp³-hybridized carbons (Fsp3) is 0.600. The highest BCUT2D eigenvalue weighted by atomic mass is 35.5. The number of fused-ring (bicyclic) bond motifs is 1. The van der Waals surface area contributed by atoms with E-state index in [1.165, 1.54) is 18.4 Å². The predicted octanol–water partition coefficient (Wildman–Crippen LogP) is -4.44. The van der Waals surface area contributed by atoms with E-state index in [1.54, 1.807) is 0 Å². The number of hydrogen-bond donors (Lipinski definition) is 2. The Morgan fingerprint density at radius 2 is 1.76 bits per heavy atom. The van der Waals surface area contributed by atoms with Crippen LogP contribution in [0.1, 0.15) is 18.4 Å². The van der Waals surface area contributed by atoms with Gasteiger partial charge in [0, 0.05) is 6.54 Å². The van der Waals surface area contributed by atoms with Crippen molar-refractivity contribution in [3.63, 3.8) is 0 Å². The minimum absolute atomic E-state index is 0. The van der Waals surface area contributed by atoms with Crippen molar-refractivity contribution >= 4 is 0 Å². The first-order valence-corrected chi connectivity index (χ1v) is 7.22. The average molecular weight is 333 g/mol. The zero-order chi connectivity index (χ0) is 12.9. The van der Waals surface area contributed by atoms with E-state index >= 15 is 0 Å². The van der Waals surface area contributed by atoms with Crippen LogP contribution in [0.5, 0.6) is 11.5 Å². The van der Waals surface area contributed by atoms with Crippen LogP contribution in [-0.2, 0) is 6.54 Å². The van der Waals surface area contributed by atoms with Crippen molar-refractivity contribution in [2.24, 2.45) is 5.92 Å². The molecule has 0 amide bonds. The summed E-state index contributed by atoms with van der Waals surface area (Å²) in [5.41, 5.74) is 1.26. The van der Waals surface area contributed by atoms with Crippen LogP contribution in [0, 0.1) is 5.92 Å². The number of nitrogens with one attached hydrogen (secondary N) is 2. The zero-order valence-electron chi connectivity index (χ0n) is 12.0. The first kappa shape index (κ1) is 18.4. The summed E-state index contributed by atoms with van der Waals surface area (Å²) in [4.78, 5) is 0. The molecular weight excluding hydrogens is 311 g/mol. The van der Waals surface area contributed by atoms with Gasteiger partial charge in [0.1, 0.15) is 13.2 Å². The van der Waals surface area contributed by atoms with Gasteiger partial charge < -0.3 is 44.9 Å². The van der Waals surface area contributed by atoms with Crippen LogP contribution in [0.25, 0.3) is 0 Å². The number of benzene rings is 1. The summed E-state index contributed by atoms with van der Waals surface area (Å²) in [5.74, 6) is 2.57. The van der Waals surface area contributed by atoms with Crippen molar-refractivity contribution in [2.75, 3.05) is 32.8 Å². The smallest absolute Gasteiger partial charge is 0.161 e. The third-order valence-corrected chi connectivity index (χ3v) is 3.83. The summed E-state index contributed by atoms with van der Waals surface area (Å²) in [6.07, 6.45) is 2.57. The summed E-state index contributed by atoms with van der Waals surface area (Å²) in [6, 6.07) is 6.21. The quantitative estimate of drug-likeness (QED) is 0.584. The number of rotatable bonds is 4. The Bertz CT molecular complexity index is 426. The van der Waals surface area contributed by atoms with Gasteiger partial charge in [0.05, 0.1) is 0 Å². The molecule has 120 valence electrons. The van der Waals surface area contributed by atoms with Gasteiger partial charge >= 0.3 is 0 Å². The third kappa shape index (κ3) is 5.22. The third-order valence-electron chi connectivity index (χ3n) is 3.83. The maximum Gasteiger partial charge on any atom is 0.161 e. The summed E-state index contributed by atoms with van der Waals surface area (Å²) in [6.45, 7) is 5.64. The van der Waals surface area contributed by atoms with Crippen molar-refractivity contribution in [1.82, 2.24) is 10.6 Å². The first-order valence-electron chi connectivity index (χ1n) is 7.22. The molecule has 2 aliphatic rings. The van der Waals surface area contributed by atoms with Crippen LogP contribution in [-0.4, -0.2) is 32.8 Å². The zero-order valence-corrected chi connectivity index (χ0v) is 13.6. The Morgan fingerprint density at radius 1 is 1.05 bits per heavy atom. The Morgan fingerprint density at radius 3 is 2.52 bits per heavy atom. The van der Waals surface area contributed by atoms with E-state index in [1.807, 2.05) is 6.07 Å². The van der Waals surface area contributed by atoms with E-state index in [-0.39, 0.29) is 24.8 Å². The molecule has 1 saturated heterocycles. The Hall–Kier alpha value is -0.680. The molecule has 2 N–H and O–H groups in total. The van der Waals surface area contributed by atoms with E-state index in [2.05, 4.69) is 22.8 Å². The SMILES string of the molecule is [Cl-].[Cl-].c1cc2c(cc1CNCC1CCNCC1)OCCO2. The lowest BCUT2D eigenvalue weighted by Gasteiger charge is -2.23. The second-order valence-corrected chi connectivity index (χ2v) is 5.30. The normalized spacial score (nSPS) is 17.5. The van der Waals surface area contributed by atoms with Gasteiger partial charge in [-0.3, -0.25) is 0 Å². The molecule has 2 heterocycles. The standard InChI is InChI=1S/C15H22N2O2.2ClH/c1-2-14-15(19-8-7-18-14)9-13(1)11-17-10-12-3-5-16-6-4-12;;/h1-2,9,12,16-17H,3-8,10-11H2;2*1H/p-2. The van der Waals surface area contributed by atoms with Crippen LogP contribution in [0.3, 0.4) is 0 Å². The molecule has 4 nitrogen and oxygen atoms in total. The molecule has 0 aromatic heterocycles. The molecule has 1 fully saturated rings. The van der Waals surface area contributed by atoms with E-state index in [0.29, 0.717) is 13.2 Å². The van der Waals surface area contributed by atoms with Gasteiger partial charge in [0.2, 0.25) is 0 Å². The van der Waals surface area contributed by atoms with Gasteiger partial charge in [-0.15, -0.1) is 0 Å². The van der Waals surface area contributed by atoms with E-state index in [9.17, 15) is 0 Å². The fourth-order valence-electron chi connectivity index (χ4n) is 2.70. The Kier molecular flexibility index (Phi) is 8.19. The second-order valence-electron chi connectivity index (χ2n) is 5.30. The van der Waals surface area contributed by atoms with Gasteiger partial charge in [-0.2, -0.15) is 0 Å². The van der Waals surface area contributed by atoms with Gasteiger partial charge in [0.25, 0.3) is 0 Å². The minimum Gasteiger partial charge on any atom is -1.00 e. The number of hydrogen-bond acceptors (Lipinski definition) is 4. The number of ether oxygens (including phenoxy) is 2. The molecule has 1 aromatic carbocycles. The highest BCUT2D eigenvalue weighted by molar-refractivity contribution is 5.43. The van der Waals surface area contributed by atoms with Crippen molar-refractivity contribution < 1.29 is 34.3 Å². The van der Waals surface area contributed by atoms with Crippen LogP contribution in [0.15, 0.2) is 18.2 Å². The molecule has 0 bridgehead atoms. The first-order chi connectivity index (χ1) is 9.42. The average Bonchev–Trinajstić information content (AvgIpc) is 2.48. The Labute approximate surface area is 138 Å². The van der Waals surface area contributed by atoms with Crippen LogP contribution in [0.2, 0.25) is 0 Å². The van der Waals surface area contributed by atoms with Crippen molar-refractivity contribution in [3.8, 4) is 11.5 Å². The topological polar surface area (TPSA) is 42.5 Å². The molecule has 0 atom stereocenters. The Balaban J connectivity index is 0.00000110. The molecule has 3 rings (SSSR count). The molecule has 6 heteroatoms. The highest BCUT2D eigenvalue weighted by Crippen LogP contribution is 2.30. The lowest BCUT2D eigenvalue weighted by molar-refractivity contribution is -0.001000. The van der Waals surface area contributed by atoms with E-state index in [4.69, 9.17) is 9.47 Å². The second kappa shape index (κ2) is 9.36. The lowest BCUT2D eigenvalue weighted by Crippen LogP contribution is -3.00. The monoisotopic (exact) mass is 332 g/mol. The molecule has 0 saturated carbocycles. The summed E-state index contributed by atoms with van der Waals surface area (Å²) < 4.78 is 11.1. The van der Waals surface area contributed by atoms with Crippen LogP contribution >= 0.6 is 0 Å². The summed E-state index contributed by atoms with van der Waals surface area (Å²) in [7, 11) is 0. The van der Waals surface area contributed by atoms with Crippen molar-refractivity contribution in [2.45, 2.75) is 19.4 Å². The molecule has 0 aliphatic carbocycles. The summed E-state index contributed by atoms with van der Waals surface area (Å²) >= 11 is 0. The largest absolute Gasteiger partial charge is 1.00 e. The van der Waals surface area contributed by atoms with Crippen LogP contribution in [0.4, 0.5) is 0 Å². The van der Waals surface area contributed by atoms with E-state index in [0.717, 1.165) is 43.6 Å². The molecular formula is C15H22Cl2N2O2-2. The molecule has 0 unspecified atom stereocenters. The van der Waals surface area contributed by atoms with Crippen LogP contribution < -0.4 is 44.9 Å². The van der Waals surface area contributed by atoms with Gasteiger partial charge in [-0.25, -0.2) is 0 Å². The minimum atomic E-state index is 0. The fourth-order valence-corrected chi connectivity index (χ4v) is 2.70. The lowest BCUT2D eigenvalue weighted by atomic mass is 9.98. The van der Waals surface area contributed by atoms with Crippen molar-refractivity contribution in [1.29, 1.82) is 0 Å². The molecule has 0 radical (unpaired) electrons. The molecule has 21 heavy (non-hydrogen) atoms. The maximum absolute atomic E-state index is 5.60. The predicted molar refractivity (Wildman–Crippen MR) is 74.7 cm³/mol. The highest BCUT2D eigenvalue weighted by Gasteiger charge is 2.13. The number of piperidine rings is 1. The molecule has 1 aromatic rings. The summed E-state index contributed by atoms with van der Waals surface area (Å²) in [5, 5.41) is 6.95. The maximum atomic E-state index is 5.60. The number of halogens is 2. The van der Waals surface area contributed by atoms with Gasteiger partial charge in [-0.05, 0) is 56.1 Å². The molecule has 0 spiro atoms. The van der Waals surface area contributed by atoms with Gasteiger partial charge in [-0.1, -0.05) is 6.07 Å². The van der Waals surface area contributed by atoms with Crippen molar-refractivity contribution in [3.05, 3.63) is 23.8 Å².